The standard InChI is InChI=1S/C15H22ClFN2/c16-12-8-13(17)10-14(9-12)19-15(11-18)6-4-2-1-3-5-7-15/h8-10,19H,1-7,11,18H2. The Balaban J connectivity index is 2.15. The SMILES string of the molecule is NCC1(Nc2cc(F)cc(Cl)c2)CCCCCCC1. The molecule has 0 heterocycles. The van der Waals surface area contributed by atoms with Crippen LogP contribution in [0.1, 0.15) is 44.9 Å². The normalized spacial score (nSPS) is 19.5. The van der Waals surface area contributed by atoms with Gasteiger partial charge in [-0.3, -0.25) is 0 Å². The van der Waals surface area contributed by atoms with Crippen molar-refractivity contribution in [1.82, 2.24) is 0 Å². The molecule has 4 heteroatoms. The fourth-order valence-electron chi connectivity index (χ4n) is 2.89. The van der Waals surface area contributed by atoms with E-state index in [0.717, 1.165) is 18.5 Å². The number of anilines is 1. The molecular weight excluding hydrogens is 263 g/mol. The van der Waals surface area contributed by atoms with E-state index >= 15 is 0 Å². The van der Waals surface area contributed by atoms with Crippen molar-refractivity contribution in [3.63, 3.8) is 0 Å². The van der Waals surface area contributed by atoms with Crippen molar-refractivity contribution >= 4 is 17.3 Å². The molecule has 1 aromatic rings. The van der Waals surface area contributed by atoms with Gasteiger partial charge in [-0.2, -0.15) is 0 Å². The Labute approximate surface area is 119 Å². The third-order valence-electron chi connectivity index (χ3n) is 3.97. The van der Waals surface area contributed by atoms with Crippen LogP contribution in [0.15, 0.2) is 18.2 Å². The van der Waals surface area contributed by atoms with Gasteiger partial charge in [-0.05, 0) is 31.0 Å². The zero-order chi connectivity index (χ0) is 13.7. The maximum absolute atomic E-state index is 13.4. The summed E-state index contributed by atoms with van der Waals surface area (Å²) >= 11 is 5.90. The lowest BCUT2D eigenvalue weighted by molar-refractivity contribution is 0.351. The van der Waals surface area contributed by atoms with Crippen LogP contribution in [-0.2, 0) is 0 Å². The number of benzene rings is 1. The topological polar surface area (TPSA) is 38.0 Å². The minimum atomic E-state index is -0.312. The first-order valence-electron chi connectivity index (χ1n) is 7.08. The summed E-state index contributed by atoms with van der Waals surface area (Å²) in [4.78, 5) is 0. The van der Waals surface area contributed by atoms with Gasteiger partial charge in [0.15, 0.2) is 0 Å². The molecule has 1 saturated carbocycles. The van der Waals surface area contributed by atoms with E-state index in [1.54, 1.807) is 6.07 Å². The molecule has 0 atom stereocenters. The summed E-state index contributed by atoms with van der Waals surface area (Å²) in [6.07, 6.45) is 8.25. The molecule has 3 N–H and O–H groups in total. The minimum Gasteiger partial charge on any atom is -0.378 e. The van der Waals surface area contributed by atoms with Crippen molar-refractivity contribution in [2.75, 3.05) is 11.9 Å². The molecule has 19 heavy (non-hydrogen) atoms. The van der Waals surface area contributed by atoms with Crippen molar-refractivity contribution in [3.8, 4) is 0 Å². The van der Waals surface area contributed by atoms with Gasteiger partial charge in [0, 0.05) is 22.8 Å². The molecule has 0 aliphatic heterocycles. The average molecular weight is 285 g/mol. The molecule has 2 rings (SSSR count). The number of nitrogens with one attached hydrogen (secondary N) is 1. The zero-order valence-electron chi connectivity index (χ0n) is 11.2. The minimum absolute atomic E-state index is 0.114. The number of hydrogen-bond acceptors (Lipinski definition) is 2. The van der Waals surface area contributed by atoms with E-state index in [9.17, 15) is 4.39 Å². The smallest absolute Gasteiger partial charge is 0.126 e. The first kappa shape index (κ1) is 14.6. The van der Waals surface area contributed by atoms with Crippen LogP contribution in [0.25, 0.3) is 0 Å². The quantitative estimate of drug-likeness (QED) is 0.867. The summed E-state index contributed by atoms with van der Waals surface area (Å²) < 4.78 is 13.4. The third kappa shape index (κ3) is 4.08. The number of hydrogen-bond donors (Lipinski definition) is 2. The van der Waals surface area contributed by atoms with Gasteiger partial charge in [0.2, 0.25) is 0 Å². The van der Waals surface area contributed by atoms with Crippen LogP contribution in [0.5, 0.6) is 0 Å². The fourth-order valence-corrected chi connectivity index (χ4v) is 3.12. The summed E-state index contributed by atoms with van der Waals surface area (Å²) in [6.45, 7) is 0.571. The monoisotopic (exact) mass is 284 g/mol. The molecule has 0 radical (unpaired) electrons. The maximum Gasteiger partial charge on any atom is 0.126 e. The number of rotatable bonds is 3. The molecule has 1 aliphatic rings. The maximum atomic E-state index is 13.4. The highest BCUT2D eigenvalue weighted by molar-refractivity contribution is 6.30. The molecule has 0 unspecified atom stereocenters. The Morgan fingerprint density at radius 2 is 1.74 bits per heavy atom. The summed E-state index contributed by atoms with van der Waals surface area (Å²) in [5.74, 6) is -0.312. The van der Waals surface area contributed by atoms with Gasteiger partial charge in [0.05, 0.1) is 0 Å². The van der Waals surface area contributed by atoms with Gasteiger partial charge < -0.3 is 11.1 Å². The highest BCUT2D eigenvalue weighted by Crippen LogP contribution is 2.30. The highest BCUT2D eigenvalue weighted by atomic mass is 35.5. The molecule has 0 saturated heterocycles. The Bertz CT molecular complexity index is 394. The van der Waals surface area contributed by atoms with Crippen molar-refractivity contribution in [1.29, 1.82) is 0 Å². The van der Waals surface area contributed by atoms with Gasteiger partial charge in [-0.15, -0.1) is 0 Å². The van der Waals surface area contributed by atoms with Crippen LogP contribution < -0.4 is 11.1 Å². The number of nitrogens with two attached hydrogens (primary N) is 1. The molecule has 0 amide bonds. The summed E-state index contributed by atoms with van der Waals surface area (Å²) in [5, 5.41) is 3.86. The first-order chi connectivity index (χ1) is 9.13. The van der Waals surface area contributed by atoms with Gasteiger partial charge in [0.1, 0.15) is 5.82 Å². The second kappa shape index (κ2) is 6.58. The van der Waals surface area contributed by atoms with Gasteiger partial charge in [0.25, 0.3) is 0 Å². The van der Waals surface area contributed by atoms with Crippen LogP contribution >= 0.6 is 11.6 Å². The Hall–Kier alpha value is -0.800. The number of halogens is 2. The van der Waals surface area contributed by atoms with Crippen LogP contribution in [-0.4, -0.2) is 12.1 Å². The van der Waals surface area contributed by atoms with Crippen LogP contribution in [0.3, 0.4) is 0 Å². The predicted molar refractivity (Wildman–Crippen MR) is 79.1 cm³/mol. The van der Waals surface area contributed by atoms with Crippen LogP contribution in [0, 0.1) is 5.82 Å². The summed E-state index contributed by atoms with van der Waals surface area (Å²) in [7, 11) is 0. The lowest BCUT2D eigenvalue weighted by Gasteiger charge is -2.36. The van der Waals surface area contributed by atoms with E-state index in [1.807, 2.05) is 0 Å². The van der Waals surface area contributed by atoms with Gasteiger partial charge in [-0.25, -0.2) is 4.39 Å². The summed E-state index contributed by atoms with van der Waals surface area (Å²) in [6, 6.07) is 4.57. The Morgan fingerprint density at radius 3 is 2.32 bits per heavy atom. The molecule has 106 valence electrons. The molecule has 0 bridgehead atoms. The van der Waals surface area contributed by atoms with Crippen LogP contribution in [0.2, 0.25) is 5.02 Å². The van der Waals surface area contributed by atoms with Gasteiger partial charge >= 0.3 is 0 Å². The molecule has 1 aliphatic carbocycles. The highest BCUT2D eigenvalue weighted by Gasteiger charge is 2.28. The van der Waals surface area contributed by atoms with E-state index in [-0.39, 0.29) is 11.4 Å². The predicted octanol–water partition coefficient (Wildman–Crippen LogP) is 4.33. The summed E-state index contributed by atoms with van der Waals surface area (Å²) in [5.41, 5.74) is 6.61. The van der Waals surface area contributed by atoms with Crippen molar-refractivity contribution < 1.29 is 4.39 Å². The van der Waals surface area contributed by atoms with Crippen molar-refractivity contribution in [2.45, 2.75) is 50.5 Å². The second-order valence-corrected chi connectivity index (χ2v) is 5.97. The molecule has 0 spiro atoms. The van der Waals surface area contributed by atoms with E-state index in [4.69, 9.17) is 17.3 Å². The third-order valence-corrected chi connectivity index (χ3v) is 4.19. The zero-order valence-corrected chi connectivity index (χ0v) is 12.0. The average Bonchev–Trinajstić information content (AvgIpc) is 2.31. The fraction of sp³-hybridized carbons (Fsp3) is 0.600. The second-order valence-electron chi connectivity index (χ2n) is 5.54. The molecule has 1 aromatic carbocycles. The van der Waals surface area contributed by atoms with Crippen molar-refractivity contribution in [3.05, 3.63) is 29.0 Å². The van der Waals surface area contributed by atoms with E-state index in [2.05, 4.69) is 5.32 Å². The molecule has 1 fully saturated rings. The van der Waals surface area contributed by atoms with E-state index in [1.165, 1.54) is 44.2 Å². The largest absolute Gasteiger partial charge is 0.378 e. The Morgan fingerprint density at radius 1 is 1.11 bits per heavy atom. The lowest BCUT2D eigenvalue weighted by atomic mass is 9.83. The Kier molecular flexibility index (Phi) is 5.06. The molecular formula is C15H22ClFN2. The molecule has 0 aromatic heterocycles. The first-order valence-corrected chi connectivity index (χ1v) is 7.46. The van der Waals surface area contributed by atoms with E-state index < -0.39 is 0 Å². The van der Waals surface area contributed by atoms with Crippen molar-refractivity contribution in [2.24, 2.45) is 5.73 Å². The molecule has 2 nitrogen and oxygen atoms in total. The van der Waals surface area contributed by atoms with E-state index in [0.29, 0.717) is 11.6 Å². The van der Waals surface area contributed by atoms with Crippen LogP contribution in [0.4, 0.5) is 10.1 Å². The lowest BCUT2D eigenvalue weighted by Crippen LogP contribution is -2.46. The van der Waals surface area contributed by atoms with Gasteiger partial charge in [-0.1, -0.05) is 43.7 Å².